The van der Waals surface area contributed by atoms with Crippen molar-refractivity contribution in [1.29, 1.82) is 5.26 Å². The Morgan fingerprint density at radius 2 is 2.25 bits per heavy atom. The highest BCUT2D eigenvalue weighted by Crippen LogP contribution is 2.10. The van der Waals surface area contributed by atoms with Crippen LogP contribution in [0.4, 0.5) is 5.69 Å². The Balaban J connectivity index is 2.39. The topological polar surface area (TPSA) is 78.9 Å². The molecule has 1 amide bonds. The largest absolute Gasteiger partial charge is 0.385 e. The van der Waals surface area contributed by atoms with E-state index in [1.807, 2.05) is 6.07 Å². The summed E-state index contributed by atoms with van der Waals surface area (Å²) in [5.74, 6) is -0.423. The van der Waals surface area contributed by atoms with Gasteiger partial charge in [-0.3, -0.25) is 4.79 Å². The minimum absolute atomic E-state index is 0.423. The van der Waals surface area contributed by atoms with E-state index < -0.39 is 5.91 Å². The molecular formula is C12H15N3O. The molecule has 0 aliphatic heterocycles. The lowest BCUT2D eigenvalue weighted by Crippen LogP contribution is -2.11. The Morgan fingerprint density at radius 1 is 1.44 bits per heavy atom. The Hall–Kier alpha value is -2.02. The number of amides is 1. The number of rotatable bonds is 6. The molecule has 0 atom stereocenters. The van der Waals surface area contributed by atoms with Crippen molar-refractivity contribution in [2.24, 2.45) is 5.73 Å². The van der Waals surface area contributed by atoms with E-state index in [-0.39, 0.29) is 0 Å². The van der Waals surface area contributed by atoms with Crippen LogP contribution < -0.4 is 11.1 Å². The maximum Gasteiger partial charge on any atom is 0.248 e. The first-order valence-corrected chi connectivity index (χ1v) is 5.24. The number of hydrogen-bond donors (Lipinski definition) is 2. The molecule has 0 bridgehead atoms. The van der Waals surface area contributed by atoms with Gasteiger partial charge in [0.1, 0.15) is 0 Å². The van der Waals surface area contributed by atoms with Crippen LogP contribution in [0.3, 0.4) is 0 Å². The van der Waals surface area contributed by atoms with Gasteiger partial charge in [0.15, 0.2) is 0 Å². The van der Waals surface area contributed by atoms with E-state index in [0.717, 1.165) is 25.1 Å². The Kier molecular flexibility index (Phi) is 4.87. The number of unbranched alkanes of at least 4 members (excludes halogenated alkanes) is 2. The number of primary amides is 1. The second-order valence-corrected chi connectivity index (χ2v) is 3.49. The number of anilines is 1. The van der Waals surface area contributed by atoms with Crippen molar-refractivity contribution in [3.63, 3.8) is 0 Å². The molecule has 4 nitrogen and oxygen atoms in total. The predicted octanol–water partition coefficient (Wildman–Crippen LogP) is 1.89. The highest BCUT2D eigenvalue weighted by atomic mass is 16.1. The van der Waals surface area contributed by atoms with Crippen LogP contribution in [-0.2, 0) is 0 Å². The summed E-state index contributed by atoms with van der Waals surface area (Å²) in [6.45, 7) is 0.796. The quantitative estimate of drug-likeness (QED) is 0.714. The molecule has 1 aromatic rings. The first-order chi connectivity index (χ1) is 7.74. The number of benzene rings is 1. The van der Waals surface area contributed by atoms with Gasteiger partial charge in [-0.25, -0.2) is 0 Å². The zero-order valence-corrected chi connectivity index (χ0v) is 9.07. The van der Waals surface area contributed by atoms with E-state index >= 15 is 0 Å². The second-order valence-electron chi connectivity index (χ2n) is 3.49. The molecule has 0 heterocycles. The molecule has 3 N–H and O–H groups in total. The monoisotopic (exact) mass is 217 g/mol. The zero-order chi connectivity index (χ0) is 11.8. The van der Waals surface area contributed by atoms with Crippen molar-refractivity contribution in [3.8, 4) is 6.07 Å². The summed E-state index contributed by atoms with van der Waals surface area (Å²) in [5.41, 5.74) is 6.56. The average Bonchev–Trinajstić information content (AvgIpc) is 2.29. The first kappa shape index (κ1) is 12.1. The van der Waals surface area contributed by atoms with Crippen molar-refractivity contribution >= 4 is 11.6 Å². The van der Waals surface area contributed by atoms with Gasteiger partial charge < -0.3 is 11.1 Å². The third-order valence-electron chi connectivity index (χ3n) is 2.19. The summed E-state index contributed by atoms with van der Waals surface area (Å²) in [7, 11) is 0. The molecule has 0 aliphatic rings. The summed E-state index contributed by atoms with van der Waals surface area (Å²) in [6, 6.07) is 9.19. The summed E-state index contributed by atoms with van der Waals surface area (Å²) in [4.78, 5) is 10.9. The summed E-state index contributed by atoms with van der Waals surface area (Å²) < 4.78 is 0. The average molecular weight is 217 g/mol. The smallest absolute Gasteiger partial charge is 0.248 e. The predicted molar refractivity (Wildman–Crippen MR) is 62.9 cm³/mol. The molecule has 0 saturated heterocycles. The lowest BCUT2D eigenvalue weighted by atomic mass is 10.2. The Morgan fingerprint density at radius 3 is 2.94 bits per heavy atom. The SMILES string of the molecule is N#CCCCCNc1cccc(C(N)=O)c1. The van der Waals surface area contributed by atoms with Crippen LogP contribution in [0.25, 0.3) is 0 Å². The van der Waals surface area contributed by atoms with Gasteiger partial charge >= 0.3 is 0 Å². The summed E-state index contributed by atoms with van der Waals surface area (Å²) >= 11 is 0. The maximum absolute atomic E-state index is 10.9. The van der Waals surface area contributed by atoms with Gasteiger partial charge in [-0.1, -0.05) is 6.07 Å². The van der Waals surface area contributed by atoms with E-state index in [4.69, 9.17) is 11.0 Å². The third-order valence-corrected chi connectivity index (χ3v) is 2.19. The van der Waals surface area contributed by atoms with Crippen molar-refractivity contribution in [2.75, 3.05) is 11.9 Å². The van der Waals surface area contributed by atoms with Gasteiger partial charge in [0.25, 0.3) is 0 Å². The highest BCUT2D eigenvalue weighted by Gasteiger charge is 2.00. The molecule has 1 aromatic carbocycles. The van der Waals surface area contributed by atoms with Crippen LogP contribution >= 0.6 is 0 Å². The molecule has 16 heavy (non-hydrogen) atoms. The number of nitrogens with two attached hydrogens (primary N) is 1. The fourth-order valence-corrected chi connectivity index (χ4v) is 1.34. The minimum atomic E-state index is -0.423. The number of nitrogens with zero attached hydrogens (tertiary/aromatic N) is 1. The van der Waals surface area contributed by atoms with Crippen LogP contribution in [0, 0.1) is 11.3 Å². The highest BCUT2D eigenvalue weighted by molar-refractivity contribution is 5.93. The van der Waals surface area contributed by atoms with Crippen molar-refractivity contribution in [3.05, 3.63) is 29.8 Å². The number of nitriles is 1. The van der Waals surface area contributed by atoms with Crippen molar-refractivity contribution < 1.29 is 4.79 Å². The third kappa shape index (κ3) is 4.01. The normalized spacial score (nSPS) is 9.44. The van der Waals surface area contributed by atoms with Gasteiger partial charge in [-0.05, 0) is 31.0 Å². The van der Waals surface area contributed by atoms with Gasteiger partial charge in [-0.2, -0.15) is 5.26 Å². The van der Waals surface area contributed by atoms with Gasteiger partial charge in [-0.15, -0.1) is 0 Å². The van der Waals surface area contributed by atoms with Gasteiger partial charge in [0.05, 0.1) is 6.07 Å². The van der Waals surface area contributed by atoms with Crippen molar-refractivity contribution in [1.82, 2.24) is 0 Å². The van der Waals surface area contributed by atoms with E-state index in [0.29, 0.717) is 12.0 Å². The Labute approximate surface area is 95.1 Å². The fraction of sp³-hybridized carbons (Fsp3) is 0.333. The Bertz CT molecular complexity index is 395. The standard InChI is InChI=1S/C12H15N3O/c13-7-2-1-3-8-15-11-6-4-5-10(9-11)12(14)16/h4-6,9,15H,1-3,8H2,(H2,14,16). The molecule has 0 aromatic heterocycles. The van der Waals surface area contributed by atoms with Crippen LogP contribution in [-0.4, -0.2) is 12.5 Å². The van der Waals surface area contributed by atoms with E-state index in [1.54, 1.807) is 18.2 Å². The maximum atomic E-state index is 10.9. The van der Waals surface area contributed by atoms with Gasteiger partial charge in [0.2, 0.25) is 5.91 Å². The molecule has 0 unspecified atom stereocenters. The van der Waals surface area contributed by atoms with Crippen LogP contribution in [0.1, 0.15) is 29.6 Å². The number of nitrogens with one attached hydrogen (secondary N) is 1. The van der Waals surface area contributed by atoms with Crippen molar-refractivity contribution in [2.45, 2.75) is 19.3 Å². The van der Waals surface area contributed by atoms with E-state index in [9.17, 15) is 4.79 Å². The van der Waals surface area contributed by atoms with Crippen LogP contribution in [0.2, 0.25) is 0 Å². The molecule has 4 heteroatoms. The summed E-state index contributed by atoms with van der Waals surface area (Å²) in [5, 5.41) is 11.5. The number of carbonyl (C=O) groups is 1. The van der Waals surface area contributed by atoms with Gasteiger partial charge in [0, 0.05) is 24.2 Å². The molecule has 0 fully saturated rings. The molecule has 0 radical (unpaired) electrons. The zero-order valence-electron chi connectivity index (χ0n) is 9.07. The summed E-state index contributed by atoms with van der Waals surface area (Å²) in [6.07, 6.45) is 2.41. The molecule has 0 aliphatic carbocycles. The first-order valence-electron chi connectivity index (χ1n) is 5.24. The molecule has 0 spiro atoms. The van der Waals surface area contributed by atoms with Crippen LogP contribution in [0.5, 0.6) is 0 Å². The van der Waals surface area contributed by atoms with E-state index in [2.05, 4.69) is 11.4 Å². The van der Waals surface area contributed by atoms with Crippen LogP contribution in [0.15, 0.2) is 24.3 Å². The lowest BCUT2D eigenvalue weighted by Gasteiger charge is -2.06. The molecule has 1 rings (SSSR count). The minimum Gasteiger partial charge on any atom is -0.385 e. The second kappa shape index (κ2) is 6.46. The fourth-order valence-electron chi connectivity index (χ4n) is 1.34. The molecular weight excluding hydrogens is 202 g/mol. The number of hydrogen-bond acceptors (Lipinski definition) is 3. The van der Waals surface area contributed by atoms with E-state index in [1.165, 1.54) is 0 Å². The molecule has 0 saturated carbocycles. The molecule has 84 valence electrons. The lowest BCUT2D eigenvalue weighted by molar-refractivity contribution is 0.100. The number of carbonyl (C=O) groups excluding carboxylic acids is 1.